The molecule has 2 aliphatic rings. The minimum atomic E-state index is -0.689. The molecule has 1 N–H and O–H groups in total. The zero-order chi connectivity index (χ0) is 15.0. The summed E-state index contributed by atoms with van der Waals surface area (Å²) in [5, 5.41) is 9.69. The summed E-state index contributed by atoms with van der Waals surface area (Å²) in [5.74, 6) is -0.811. The molecule has 0 aromatic heterocycles. The summed E-state index contributed by atoms with van der Waals surface area (Å²) in [7, 11) is 0. The van der Waals surface area contributed by atoms with Crippen LogP contribution >= 0.6 is 11.6 Å². The highest BCUT2D eigenvalue weighted by Gasteiger charge is 2.59. The third-order valence-corrected chi connectivity index (χ3v) is 5.27. The van der Waals surface area contributed by atoms with Gasteiger partial charge in [0.25, 0.3) is 0 Å². The van der Waals surface area contributed by atoms with Gasteiger partial charge in [-0.2, -0.15) is 0 Å². The van der Waals surface area contributed by atoms with Gasteiger partial charge < -0.3 is 10.0 Å². The summed E-state index contributed by atoms with van der Waals surface area (Å²) in [4.78, 5) is 25.2. The number of halogens is 1. The molecule has 1 saturated carbocycles. The van der Waals surface area contributed by atoms with Crippen molar-refractivity contribution in [2.45, 2.75) is 25.7 Å². The van der Waals surface area contributed by atoms with Crippen molar-refractivity contribution in [1.82, 2.24) is 4.90 Å². The van der Waals surface area contributed by atoms with Crippen LogP contribution in [-0.4, -0.2) is 35.0 Å². The summed E-state index contributed by atoms with van der Waals surface area (Å²) in [5.41, 5.74) is 0.812. The summed E-state index contributed by atoms with van der Waals surface area (Å²) >= 11 is 6.08. The van der Waals surface area contributed by atoms with Crippen LogP contribution in [0.3, 0.4) is 0 Å². The molecule has 1 aliphatic carbocycles. The number of hydrogen-bond acceptors (Lipinski definition) is 2. The van der Waals surface area contributed by atoms with Gasteiger partial charge >= 0.3 is 5.97 Å². The predicted molar refractivity (Wildman–Crippen MR) is 79.1 cm³/mol. The van der Waals surface area contributed by atoms with Crippen molar-refractivity contribution >= 4 is 23.5 Å². The van der Waals surface area contributed by atoms with E-state index < -0.39 is 5.97 Å². The first kappa shape index (κ1) is 14.4. The van der Waals surface area contributed by atoms with Crippen molar-refractivity contribution in [3.8, 4) is 0 Å². The van der Waals surface area contributed by atoms with Gasteiger partial charge in [0.1, 0.15) is 0 Å². The van der Waals surface area contributed by atoms with Gasteiger partial charge in [-0.1, -0.05) is 29.8 Å². The first-order chi connectivity index (χ1) is 10.0. The highest BCUT2D eigenvalue weighted by atomic mass is 35.5. The van der Waals surface area contributed by atoms with Gasteiger partial charge in [0.15, 0.2) is 0 Å². The molecule has 1 aliphatic heterocycles. The van der Waals surface area contributed by atoms with E-state index in [0.717, 1.165) is 24.8 Å². The van der Waals surface area contributed by atoms with Gasteiger partial charge in [-0.25, -0.2) is 0 Å². The molecule has 1 heterocycles. The molecule has 21 heavy (non-hydrogen) atoms. The number of hydrogen-bond donors (Lipinski definition) is 1. The van der Waals surface area contributed by atoms with Crippen LogP contribution in [0.5, 0.6) is 0 Å². The van der Waals surface area contributed by atoms with E-state index >= 15 is 0 Å². The van der Waals surface area contributed by atoms with Crippen LogP contribution in [0, 0.1) is 11.3 Å². The Bertz CT molecular complexity index is 579. The molecule has 1 aromatic carbocycles. The first-order valence-electron chi connectivity index (χ1n) is 7.26. The monoisotopic (exact) mass is 307 g/mol. The van der Waals surface area contributed by atoms with E-state index in [0.29, 0.717) is 24.5 Å². The Kier molecular flexibility index (Phi) is 3.66. The average molecular weight is 308 g/mol. The van der Waals surface area contributed by atoms with Gasteiger partial charge in [-0.15, -0.1) is 0 Å². The summed E-state index contributed by atoms with van der Waals surface area (Å²) in [6.07, 6.45) is 2.69. The molecule has 4 nitrogen and oxygen atoms in total. The number of aliphatic carboxylic acids is 1. The Morgan fingerprint density at radius 3 is 2.52 bits per heavy atom. The van der Waals surface area contributed by atoms with Crippen LogP contribution in [0.25, 0.3) is 0 Å². The molecular formula is C16H18ClNO3. The predicted octanol–water partition coefficient (Wildman–Crippen LogP) is 2.60. The van der Waals surface area contributed by atoms with E-state index in [1.807, 2.05) is 23.1 Å². The normalized spacial score (nSPS) is 23.1. The zero-order valence-electron chi connectivity index (χ0n) is 11.7. The van der Waals surface area contributed by atoms with E-state index in [1.165, 1.54) is 0 Å². The molecule has 0 radical (unpaired) electrons. The van der Waals surface area contributed by atoms with Crippen LogP contribution in [-0.2, 0) is 16.0 Å². The topological polar surface area (TPSA) is 57.6 Å². The molecule has 1 spiro atoms. The lowest BCUT2D eigenvalue weighted by molar-refractivity contribution is -0.139. The molecule has 112 valence electrons. The Morgan fingerprint density at radius 2 is 1.95 bits per heavy atom. The number of carboxylic acids is 1. The highest BCUT2D eigenvalue weighted by Crippen LogP contribution is 2.59. The fourth-order valence-electron chi connectivity index (χ4n) is 3.37. The molecule has 0 bridgehead atoms. The fraction of sp³-hybridized carbons (Fsp3) is 0.500. The third-order valence-electron chi connectivity index (χ3n) is 4.90. The number of likely N-dealkylation sites (tertiary alicyclic amines) is 1. The van der Waals surface area contributed by atoms with Crippen molar-refractivity contribution in [2.75, 3.05) is 13.1 Å². The zero-order valence-corrected chi connectivity index (χ0v) is 12.5. The highest BCUT2D eigenvalue weighted by molar-refractivity contribution is 6.31. The smallest absolute Gasteiger partial charge is 0.307 e. The number of nitrogens with zero attached hydrogens (tertiary/aromatic N) is 1. The van der Waals surface area contributed by atoms with E-state index in [2.05, 4.69) is 0 Å². The van der Waals surface area contributed by atoms with Crippen LogP contribution in [0.2, 0.25) is 5.02 Å². The molecule has 5 heteroatoms. The number of benzene rings is 1. The lowest BCUT2D eigenvalue weighted by Crippen LogP contribution is -2.40. The molecule has 1 amide bonds. The molecular weight excluding hydrogens is 290 g/mol. The van der Waals surface area contributed by atoms with Crippen molar-refractivity contribution in [1.29, 1.82) is 0 Å². The van der Waals surface area contributed by atoms with Gasteiger partial charge in [-0.3, -0.25) is 9.59 Å². The molecule has 3 rings (SSSR count). The Morgan fingerprint density at radius 1 is 1.29 bits per heavy atom. The molecule has 1 saturated heterocycles. The summed E-state index contributed by atoms with van der Waals surface area (Å²) in [6, 6.07) is 7.38. The lowest BCUT2D eigenvalue weighted by atomic mass is 9.90. The maximum atomic E-state index is 12.3. The first-order valence-corrected chi connectivity index (χ1v) is 7.64. The minimum absolute atomic E-state index is 0.0347. The lowest BCUT2D eigenvalue weighted by Gasteiger charge is -2.32. The average Bonchev–Trinajstić information content (AvgIpc) is 3.16. The van der Waals surface area contributed by atoms with Crippen molar-refractivity contribution < 1.29 is 14.7 Å². The van der Waals surface area contributed by atoms with Gasteiger partial charge in [0, 0.05) is 18.1 Å². The third kappa shape index (κ3) is 2.77. The molecule has 2 fully saturated rings. The number of carbonyl (C=O) groups excluding carboxylic acids is 1. The fourth-order valence-corrected chi connectivity index (χ4v) is 3.57. The van der Waals surface area contributed by atoms with E-state index in [4.69, 9.17) is 16.7 Å². The number of carboxylic acid groups (broad SMARTS) is 1. The second-order valence-electron chi connectivity index (χ2n) is 6.11. The maximum Gasteiger partial charge on any atom is 0.307 e. The second kappa shape index (κ2) is 5.34. The van der Waals surface area contributed by atoms with Crippen LogP contribution < -0.4 is 0 Å². The van der Waals surface area contributed by atoms with Gasteiger partial charge in [0.05, 0.1) is 12.3 Å². The Balaban J connectivity index is 1.57. The number of rotatable bonds is 3. The largest absolute Gasteiger partial charge is 0.481 e. The summed E-state index contributed by atoms with van der Waals surface area (Å²) < 4.78 is 0. The Labute approximate surface area is 128 Å². The molecule has 1 aromatic rings. The number of piperidine rings is 1. The van der Waals surface area contributed by atoms with E-state index in [9.17, 15) is 9.59 Å². The minimum Gasteiger partial charge on any atom is -0.481 e. The Hall–Kier alpha value is -1.55. The van der Waals surface area contributed by atoms with Crippen molar-refractivity contribution in [2.24, 2.45) is 11.3 Å². The van der Waals surface area contributed by atoms with Gasteiger partial charge in [-0.05, 0) is 36.3 Å². The quantitative estimate of drug-likeness (QED) is 0.934. The number of carbonyl (C=O) groups is 2. The van der Waals surface area contributed by atoms with Crippen LogP contribution in [0.15, 0.2) is 24.3 Å². The number of amides is 1. The van der Waals surface area contributed by atoms with E-state index in [-0.39, 0.29) is 17.2 Å². The van der Waals surface area contributed by atoms with E-state index in [1.54, 1.807) is 6.07 Å². The van der Waals surface area contributed by atoms with Crippen molar-refractivity contribution in [3.63, 3.8) is 0 Å². The second-order valence-corrected chi connectivity index (χ2v) is 6.51. The van der Waals surface area contributed by atoms with Crippen molar-refractivity contribution in [3.05, 3.63) is 34.9 Å². The summed E-state index contributed by atoms with van der Waals surface area (Å²) in [6.45, 7) is 1.32. The SMILES string of the molecule is O=C(O)C1CC12CCN(C(=O)Cc1ccccc1Cl)CC2. The molecule has 1 atom stereocenters. The molecule has 1 unspecified atom stereocenters. The van der Waals surface area contributed by atoms with Crippen LogP contribution in [0.1, 0.15) is 24.8 Å². The maximum absolute atomic E-state index is 12.3. The van der Waals surface area contributed by atoms with Gasteiger partial charge in [0.2, 0.25) is 5.91 Å². The standard InChI is InChI=1S/C16H18ClNO3/c17-13-4-2-1-3-11(13)9-14(19)18-7-5-16(6-8-18)10-12(16)15(20)21/h1-4,12H,5-10H2,(H,20,21). The van der Waals surface area contributed by atoms with Crippen LogP contribution in [0.4, 0.5) is 0 Å².